The fourth-order valence-corrected chi connectivity index (χ4v) is 2.76. The molecule has 0 spiro atoms. The Balaban J connectivity index is 1.98. The number of thiophene rings is 1. The molecule has 2 heterocycles. The average molecular weight is 250 g/mol. The van der Waals surface area contributed by atoms with Gasteiger partial charge in [0.15, 0.2) is 0 Å². The zero-order chi connectivity index (χ0) is 11.8. The third-order valence-electron chi connectivity index (χ3n) is 2.63. The van der Waals surface area contributed by atoms with E-state index in [0.29, 0.717) is 6.54 Å². The molecule has 1 fully saturated rings. The lowest BCUT2D eigenvalue weighted by atomic mass is 10.3. The summed E-state index contributed by atoms with van der Waals surface area (Å²) in [5.74, 6) is 0. The quantitative estimate of drug-likeness (QED) is 0.872. The lowest BCUT2D eigenvalue weighted by Gasteiger charge is -2.13. The summed E-state index contributed by atoms with van der Waals surface area (Å²) in [6, 6.07) is 2.87. The second-order valence-corrected chi connectivity index (χ2v) is 5.22. The molecular weight excluding hydrogens is 237 g/mol. The fourth-order valence-electron chi connectivity index (χ4n) is 1.84. The Morgan fingerprint density at radius 2 is 2.19 bits per heavy atom. The Kier molecular flexibility index (Phi) is 3.23. The van der Waals surface area contributed by atoms with Crippen molar-refractivity contribution in [3.63, 3.8) is 0 Å². The van der Waals surface area contributed by atoms with Crippen LogP contribution in [0.25, 0.3) is 0 Å². The van der Waals surface area contributed by atoms with Gasteiger partial charge in [-0.1, -0.05) is 0 Å². The van der Waals surface area contributed by atoms with Crippen LogP contribution in [0.1, 0.15) is 16.2 Å². The Morgan fingerprint density at radius 1 is 1.44 bits per heavy atom. The number of nitrogens with zero attached hydrogens (tertiary/aromatic N) is 1. The SMILES string of the molecule is NC1CCN(Cc2ccc(C(F)(F)F)s2)C1. The van der Waals surface area contributed by atoms with Crippen LogP contribution >= 0.6 is 11.3 Å². The monoisotopic (exact) mass is 250 g/mol. The summed E-state index contributed by atoms with van der Waals surface area (Å²) in [4.78, 5) is 2.32. The van der Waals surface area contributed by atoms with E-state index >= 15 is 0 Å². The van der Waals surface area contributed by atoms with Gasteiger partial charge >= 0.3 is 6.18 Å². The van der Waals surface area contributed by atoms with E-state index in [-0.39, 0.29) is 6.04 Å². The zero-order valence-corrected chi connectivity index (χ0v) is 9.44. The number of hydrogen-bond acceptors (Lipinski definition) is 3. The third kappa shape index (κ3) is 2.75. The molecule has 6 heteroatoms. The van der Waals surface area contributed by atoms with E-state index in [4.69, 9.17) is 5.73 Å². The molecular formula is C10H13F3N2S. The van der Waals surface area contributed by atoms with Gasteiger partial charge in [0.1, 0.15) is 4.88 Å². The van der Waals surface area contributed by atoms with Gasteiger partial charge in [-0.25, -0.2) is 0 Å². The molecule has 16 heavy (non-hydrogen) atoms. The van der Waals surface area contributed by atoms with Gasteiger partial charge in [-0.05, 0) is 18.6 Å². The van der Waals surface area contributed by atoms with Gasteiger partial charge < -0.3 is 5.73 Å². The minimum atomic E-state index is -4.22. The van der Waals surface area contributed by atoms with E-state index in [1.165, 1.54) is 0 Å². The van der Waals surface area contributed by atoms with E-state index < -0.39 is 11.1 Å². The first kappa shape index (κ1) is 11.9. The van der Waals surface area contributed by atoms with Gasteiger partial charge in [0.05, 0.1) is 0 Å². The predicted molar refractivity (Wildman–Crippen MR) is 57.2 cm³/mol. The Hall–Kier alpha value is -0.590. The van der Waals surface area contributed by atoms with Crippen LogP contribution in [-0.2, 0) is 12.7 Å². The summed E-state index contributed by atoms with van der Waals surface area (Å²) in [6.45, 7) is 2.23. The second kappa shape index (κ2) is 4.35. The number of likely N-dealkylation sites (tertiary alicyclic amines) is 1. The molecule has 2 N–H and O–H groups in total. The average Bonchev–Trinajstić information content (AvgIpc) is 2.74. The van der Waals surface area contributed by atoms with Gasteiger partial charge in [-0.15, -0.1) is 11.3 Å². The maximum Gasteiger partial charge on any atom is 0.425 e. The van der Waals surface area contributed by atoms with Gasteiger partial charge in [-0.3, -0.25) is 4.90 Å². The molecule has 2 rings (SSSR count). The Morgan fingerprint density at radius 3 is 2.69 bits per heavy atom. The first-order chi connectivity index (χ1) is 7.45. The molecule has 2 nitrogen and oxygen atoms in total. The van der Waals surface area contributed by atoms with Crippen molar-refractivity contribution in [2.75, 3.05) is 13.1 Å². The first-order valence-corrected chi connectivity index (χ1v) is 5.90. The Labute approximate surface area is 95.9 Å². The molecule has 1 aromatic rings. The summed E-state index contributed by atoms with van der Waals surface area (Å²) >= 11 is 0.820. The van der Waals surface area contributed by atoms with Crippen molar-refractivity contribution >= 4 is 11.3 Å². The van der Waals surface area contributed by atoms with Crippen molar-refractivity contribution in [1.82, 2.24) is 4.90 Å². The van der Waals surface area contributed by atoms with Crippen molar-refractivity contribution in [3.05, 3.63) is 21.9 Å². The molecule has 1 aliphatic rings. The molecule has 0 radical (unpaired) electrons. The summed E-state index contributed by atoms with van der Waals surface area (Å²) in [6.07, 6.45) is -3.29. The van der Waals surface area contributed by atoms with E-state index in [1.807, 2.05) is 0 Å². The maximum atomic E-state index is 12.4. The van der Waals surface area contributed by atoms with Crippen LogP contribution < -0.4 is 5.73 Å². The number of rotatable bonds is 2. The molecule has 1 aliphatic heterocycles. The standard InChI is InChI=1S/C10H13F3N2S/c11-10(12,13)9-2-1-8(16-9)6-15-4-3-7(14)5-15/h1-2,7H,3-6,14H2. The van der Waals surface area contributed by atoms with Crippen LogP contribution in [0.4, 0.5) is 13.2 Å². The molecule has 90 valence electrons. The Bertz CT molecular complexity index is 361. The third-order valence-corrected chi connectivity index (χ3v) is 3.74. The van der Waals surface area contributed by atoms with Crippen molar-refractivity contribution in [2.24, 2.45) is 5.73 Å². The highest BCUT2D eigenvalue weighted by Gasteiger charge is 2.32. The fraction of sp³-hybridized carbons (Fsp3) is 0.600. The second-order valence-electron chi connectivity index (χ2n) is 4.05. The van der Waals surface area contributed by atoms with Gasteiger partial charge in [0, 0.05) is 30.6 Å². The first-order valence-electron chi connectivity index (χ1n) is 5.09. The smallest absolute Gasteiger partial charge is 0.326 e. The van der Waals surface area contributed by atoms with E-state index in [0.717, 1.165) is 41.8 Å². The molecule has 0 aliphatic carbocycles. The molecule has 0 bridgehead atoms. The molecule has 1 aromatic heterocycles. The number of alkyl halides is 3. The number of hydrogen-bond donors (Lipinski definition) is 1. The van der Waals surface area contributed by atoms with Gasteiger partial charge in [0.2, 0.25) is 0 Å². The molecule has 0 amide bonds. The van der Waals surface area contributed by atoms with Crippen molar-refractivity contribution in [2.45, 2.75) is 25.2 Å². The highest BCUT2D eigenvalue weighted by atomic mass is 32.1. The van der Waals surface area contributed by atoms with Crippen molar-refractivity contribution in [3.8, 4) is 0 Å². The molecule has 1 saturated heterocycles. The van der Waals surface area contributed by atoms with Crippen LogP contribution in [0, 0.1) is 0 Å². The van der Waals surface area contributed by atoms with E-state index in [2.05, 4.69) is 4.90 Å². The predicted octanol–water partition coefficient (Wildman–Crippen LogP) is 2.30. The van der Waals surface area contributed by atoms with Crippen LogP contribution in [0.3, 0.4) is 0 Å². The minimum Gasteiger partial charge on any atom is -0.326 e. The van der Waals surface area contributed by atoms with Crippen LogP contribution in [-0.4, -0.2) is 24.0 Å². The van der Waals surface area contributed by atoms with Crippen LogP contribution in [0.2, 0.25) is 0 Å². The van der Waals surface area contributed by atoms with Crippen molar-refractivity contribution < 1.29 is 13.2 Å². The minimum absolute atomic E-state index is 0.169. The highest BCUT2D eigenvalue weighted by Crippen LogP contribution is 2.35. The molecule has 1 atom stereocenters. The summed E-state index contributed by atoms with van der Waals surface area (Å²) in [7, 11) is 0. The lowest BCUT2D eigenvalue weighted by molar-refractivity contribution is -0.134. The maximum absolute atomic E-state index is 12.4. The highest BCUT2D eigenvalue weighted by molar-refractivity contribution is 7.12. The molecule has 1 unspecified atom stereocenters. The largest absolute Gasteiger partial charge is 0.425 e. The summed E-state index contributed by atoms with van der Waals surface area (Å²) < 4.78 is 37.1. The van der Waals surface area contributed by atoms with E-state index in [9.17, 15) is 13.2 Å². The van der Waals surface area contributed by atoms with Crippen LogP contribution in [0.5, 0.6) is 0 Å². The summed E-state index contributed by atoms with van der Waals surface area (Å²) in [5.41, 5.74) is 5.73. The normalized spacial score (nSPS) is 22.9. The molecule has 0 saturated carbocycles. The van der Waals surface area contributed by atoms with Crippen LogP contribution in [0.15, 0.2) is 12.1 Å². The lowest BCUT2D eigenvalue weighted by Crippen LogP contribution is -2.25. The topological polar surface area (TPSA) is 29.3 Å². The van der Waals surface area contributed by atoms with Gasteiger partial charge in [0.25, 0.3) is 0 Å². The summed E-state index contributed by atoms with van der Waals surface area (Å²) in [5, 5.41) is 0. The van der Waals surface area contributed by atoms with Gasteiger partial charge in [-0.2, -0.15) is 13.2 Å². The van der Waals surface area contributed by atoms with E-state index in [1.54, 1.807) is 6.07 Å². The van der Waals surface area contributed by atoms with Crippen molar-refractivity contribution in [1.29, 1.82) is 0 Å². The number of nitrogens with two attached hydrogens (primary N) is 1. The molecule has 0 aromatic carbocycles. The number of halogens is 3. The zero-order valence-electron chi connectivity index (χ0n) is 8.63.